The molecular weight excluding hydrogens is 254 g/mol. The van der Waals surface area contributed by atoms with Crippen LogP contribution in [0.3, 0.4) is 0 Å². The minimum Gasteiger partial charge on any atom is -0.369 e. The average molecular weight is 283 g/mol. The minimum atomic E-state index is -0.299. The SMILES string of the molecule is CC(C)CC(CN)CC(=O)N1CC(C(N)=O)CCC1C. The van der Waals surface area contributed by atoms with Crippen LogP contribution in [0.4, 0.5) is 0 Å². The standard InChI is InChI=1S/C15H29N3O2/c1-10(2)6-12(8-16)7-14(19)18-9-13(15(17)20)5-4-11(18)3/h10-13H,4-9,16H2,1-3H3,(H2,17,20). The highest BCUT2D eigenvalue weighted by Gasteiger charge is 2.32. The summed E-state index contributed by atoms with van der Waals surface area (Å²) in [4.78, 5) is 25.6. The van der Waals surface area contributed by atoms with E-state index >= 15 is 0 Å². The lowest BCUT2D eigenvalue weighted by Gasteiger charge is -2.37. The maximum absolute atomic E-state index is 12.4. The molecule has 0 aromatic rings. The molecule has 1 rings (SSSR count). The van der Waals surface area contributed by atoms with E-state index in [1.807, 2.05) is 11.8 Å². The molecule has 0 bridgehead atoms. The van der Waals surface area contributed by atoms with Gasteiger partial charge in [-0.15, -0.1) is 0 Å². The van der Waals surface area contributed by atoms with E-state index in [1.165, 1.54) is 0 Å². The molecule has 0 radical (unpaired) electrons. The van der Waals surface area contributed by atoms with Crippen LogP contribution in [0.5, 0.6) is 0 Å². The molecule has 0 saturated carbocycles. The maximum Gasteiger partial charge on any atom is 0.223 e. The number of carbonyl (C=O) groups excluding carboxylic acids is 2. The minimum absolute atomic E-state index is 0.111. The smallest absolute Gasteiger partial charge is 0.223 e. The van der Waals surface area contributed by atoms with Crippen LogP contribution in [0.1, 0.15) is 46.5 Å². The first-order chi connectivity index (χ1) is 9.35. The number of amides is 2. The molecule has 3 atom stereocenters. The Labute approximate surface area is 122 Å². The fourth-order valence-corrected chi connectivity index (χ4v) is 2.98. The van der Waals surface area contributed by atoms with Crippen LogP contribution in [0.15, 0.2) is 0 Å². The van der Waals surface area contributed by atoms with E-state index in [0.29, 0.717) is 25.4 Å². The second kappa shape index (κ2) is 7.62. The number of rotatable bonds is 6. The first-order valence-corrected chi connectivity index (χ1v) is 7.64. The third-order valence-electron chi connectivity index (χ3n) is 4.21. The van der Waals surface area contributed by atoms with Crippen molar-refractivity contribution in [1.82, 2.24) is 4.90 Å². The summed E-state index contributed by atoms with van der Waals surface area (Å²) in [6, 6.07) is 0.190. The Hall–Kier alpha value is -1.10. The zero-order valence-electron chi connectivity index (χ0n) is 13.0. The van der Waals surface area contributed by atoms with E-state index in [-0.39, 0.29) is 29.7 Å². The molecule has 1 aliphatic rings. The second-order valence-corrected chi connectivity index (χ2v) is 6.51. The number of primary amides is 1. The highest BCUT2D eigenvalue weighted by atomic mass is 16.2. The average Bonchev–Trinajstić information content (AvgIpc) is 2.37. The van der Waals surface area contributed by atoms with Crippen LogP contribution in [0.25, 0.3) is 0 Å². The monoisotopic (exact) mass is 283 g/mol. The summed E-state index contributed by atoms with van der Waals surface area (Å²) in [5, 5.41) is 0. The molecule has 5 nitrogen and oxygen atoms in total. The van der Waals surface area contributed by atoms with Crippen LogP contribution >= 0.6 is 0 Å². The Morgan fingerprint density at radius 2 is 1.95 bits per heavy atom. The van der Waals surface area contributed by atoms with Gasteiger partial charge in [-0.1, -0.05) is 13.8 Å². The van der Waals surface area contributed by atoms with Gasteiger partial charge in [0.2, 0.25) is 11.8 Å². The summed E-state index contributed by atoms with van der Waals surface area (Å²) in [5.74, 6) is 0.375. The van der Waals surface area contributed by atoms with Gasteiger partial charge in [0.25, 0.3) is 0 Å². The quantitative estimate of drug-likeness (QED) is 0.765. The van der Waals surface area contributed by atoms with Gasteiger partial charge in [0.1, 0.15) is 0 Å². The van der Waals surface area contributed by atoms with Crippen LogP contribution in [-0.4, -0.2) is 35.8 Å². The molecule has 1 saturated heterocycles. The van der Waals surface area contributed by atoms with Gasteiger partial charge in [0, 0.05) is 19.0 Å². The highest BCUT2D eigenvalue weighted by molar-refractivity contribution is 5.80. The summed E-state index contributed by atoms with van der Waals surface area (Å²) in [6.45, 7) is 7.31. The first kappa shape index (κ1) is 17.0. The molecule has 3 unspecified atom stereocenters. The van der Waals surface area contributed by atoms with E-state index in [4.69, 9.17) is 11.5 Å². The van der Waals surface area contributed by atoms with Crippen LogP contribution in [0, 0.1) is 17.8 Å². The molecule has 0 aromatic heterocycles. The normalized spacial score (nSPS) is 24.8. The van der Waals surface area contributed by atoms with Gasteiger partial charge in [-0.3, -0.25) is 9.59 Å². The number of nitrogens with two attached hydrogens (primary N) is 2. The maximum atomic E-state index is 12.4. The number of hydrogen-bond acceptors (Lipinski definition) is 3. The van der Waals surface area contributed by atoms with Crippen molar-refractivity contribution in [3.63, 3.8) is 0 Å². The van der Waals surface area contributed by atoms with E-state index in [9.17, 15) is 9.59 Å². The molecule has 20 heavy (non-hydrogen) atoms. The molecule has 0 aromatic carbocycles. The Morgan fingerprint density at radius 1 is 1.30 bits per heavy atom. The van der Waals surface area contributed by atoms with Crippen LogP contribution in [0.2, 0.25) is 0 Å². The molecule has 116 valence electrons. The van der Waals surface area contributed by atoms with E-state index in [0.717, 1.165) is 19.3 Å². The summed E-state index contributed by atoms with van der Waals surface area (Å²) < 4.78 is 0. The number of hydrogen-bond donors (Lipinski definition) is 2. The molecule has 5 heteroatoms. The Bertz CT molecular complexity index is 344. The van der Waals surface area contributed by atoms with E-state index in [2.05, 4.69) is 13.8 Å². The third-order valence-corrected chi connectivity index (χ3v) is 4.21. The lowest BCUT2D eigenvalue weighted by molar-refractivity contribution is -0.138. The largest absolute Gasteiger partial charge is 0.369 e. The van der Waals surface area contributed by atoms with Crippen molar-refractivity contribution < 1.29 is 9.59 Å². The van der Waals surface area contributed by atoms with Gasteiger partial charge >= 0.3 is 0 Å². The summed E-state index contributed by atoms with van der Waals surface area (Å²) in [5.41, 5.74) is 11.1. The molecule has 0 spiro atoms. The molecule has 0 aliphatic carbocycles. The molecule has 2 amide bonds. The number of likely N-dealkylation sites (tertiary alicyclic amines) is 1. The molecule has 1 fully saturated rings. The molecular formula is C15H29N3O2. The first-order valence-electron chi connectivity index (χ1n) is 7.64. The van der Waals surface area contributed by atoms with Crippen molar-refractivity contribution in [1.29, 1.82) is 0 Å². The second-order valence-electron chi connectivity index (χ2n) is 6.51. The number of carbonyl (C=O) groups is 2. The van der Waals surface area contributed by atoms with Gasteiger partial charge in [0.05, 0.1) is 5.92 Å². The van der Waals surface area contributed by atoms with Crippen molar-refractivity contribution in [2.45, 2.75) is 52.5 Å². The van der Waals surface area contributed by atoms with Gasteiger partial charge in [0.15, 0.2) is 0 Å². The van der Waals surface area contributed by atoms with Gasteiger partial charge < -0.3 is 16.4 Å². The van der Waals surface area contributed by atoms with E-state index < -0.39 is 0 Å². The van der Waals surface area contributed by atoms with Crippen molar-refractivity contribution in [2.24, 2.45) is 29.2 Å². The lowest BCUT2D eigenvalue weighted by atomic mass is 9.90. The zero-order valence-corrected chi connectivity index (χ0v) is 13.0. The Kier molecular flexibility index (Phi) is 6.46. The summed E-state index contributed by atoms with van der Waals surface area (Å²) in [6.07, 6.45) is 3.07. The summed E-state index contributed by atoms with van der Waals surface area (Å²) in [7, 11) is 0. The van der Waals surface area contributed by atoms with Crippen LogP contribution < -0.4 is 11.5 Å². The molecule has 1 heterocycles. The molecule has 1 aliphatic heterocycles. The fourth-order valence-electron chi connectivity index (χ4n) is 2.98. The van der Waals surface area contributed by atoms with E-state index in [1.54, 1.807) is 0 Å². The van der Waals surface area contributed by atoms with Gasteiger partial charge in [-0.25, -0.2) is 0 Å². The van der Waals surface area contributed by atoms with Gasteiger partial charge in [-0.05, 0) is 44.6 Å². The van der Waals surface area contributed by atoms with Crippen LogP contribution in [-0.2, 0) is 9.59 Å². The predicted octanol–water partition coefficient (Wildman–Crippen LogP) is 1.11. The van der Waals surface area contributed by atoms with Crippen molar-refractivity contribution >= 4 is 11.8 Å². The topological polar surface area (TPSA) is 89.4 Å². The lowest BCUT2D eigenvalue weighted by Crippen LogP contribution is -2.49. The van der Waals surface area contributed by atoms with Crippen molar-refractivity contribution in [3.8, 4) is 0 Å². The number of piperidine rings is 1. The molecule has 4 N–H and O–H groups in total. The summed E-state index contributed by atoms with van der Waals surface area (Å²) >= 11 is 0. The predicted molar refractivity (Wildman–Crippen MR) is 79.7 cm³/mol. The van der Waals surface area contributed by atoms with Crippen molar-refractivity contribution in [3.05, 3.63) is 0 Å². The number of nitrogens with zero attached hydrogens (tertiary/aromatic N) is 1. The Balaban J connectivity index is 2.61. The van der Waals surface area contributed by atoms with Gasteiger partial charge in [-0.2, -0.15) is 0 Å². The zero-order chi connectivity index (χ0) is 15.3. The highest BCUT2D eigenvalue weighted by Crippen LogP contribution is 2.24. The fraction of sp³-hybridized carbons (Fsp3) is 0.867. The Morgan fingerprint density at radius 3 is 2.45 bits per heavy atom. The van der Waals surface area contributed by atoms with Crippen molar-refractivity contribution in [2.75, 3.05) is 13.1 Å². The third kappa shape index (κ3) is 4.78.